The lowest BCUT2D eigenvalue weighted by Crippen LogP contribution is -2.30. The quantitative estimate of drug-likeness (QED) is 0.210. The molecule has 0 atom stereocenters. The fourth-order valence-corrected chi connectivity index (χ4v) is 6.45. The summed E-state index contributed by atoms with van der Waals surface area (Å²) >= 11 is 0. The van der Waals surface area contributed by atoms with E-state index in [1.165, 1.54) is 0 Å². The van der Waals surface area contributed by atoms with Gasteiger partial charge in [0.25, 0.3) is 10.0 Å². The van der Waals surface area contributed by atoms with Gasteiger partial charge in [-0.2, -0.15) is 0 Å². The summed E-state index contributed by atoms with van der Waals surface area (Å²) in [6, 6.07) is 43.6. The molecule has 0 saturated carbocycles. The zero-order chi connectivity index (χ0) is 26.1. The second kappa shape index (κ2) is 9.81. The number of benzene rings is 6. The molecule has 0 amide bonds. The van der Waals surface area contributed by atoms with Crippen LogP contribution in [0.1, 0.15) is 11.1 Å². The third-order valence-electron chi connectivity index (χ3n) is 6.99. The Balaban J connectivity index is 1.65. The first-order chi connectivity index (χ1) is 18.5. The molecule has 0 heterocycles. The highest BCUT2D eigenvalue weighted by atomic mass is 32.2. The minimum Gasteiger partial charge on any atom is -0.261 e. The minimum atomic E-state index is -3.87. The molecule has 0 aliphatic rings. The molecule has 6 aromatic carbocycles. The predicted molar refractivity (Wildman–Crippen MR) is 158 cm³/mol. The molecule has 0 aromatic heterocycles. The molecule has 4 heteroatoms. The number of rotatable bonds is 6. The van der Waals surface area contributed by atoms with E-state index in [1.807, 2.05) is 91.9 Å². The van der Waals surface area contributed by atoms with Crippen molar-refractivity contribution >= 4 is 37.3 Å². The van der Waals surface area contributed by atoms with E-state index in [0.29, 0.717) is 5.69 Å². The Morgan fingerprint density at radius 1 is 0.579 bits per heavy atom. The smallest absolute Gasteiger partial charge is 0.261 e. The maximum atomic E-state index is 14.3. The number of sulfonamides is 1. The average Bonchev–Trinajstić information content (AvgIpc) is 2.96. The SMILES string of the molecule is Cc1ccc(S(=O)(=O)N(Cc2ccccc2)c2cc3ccccc3c3ccc(-c4ccccc4)cc23)cc1. The highest BCUT2D eigenvalue weighted by molar-refractivity contribution is 7.92. The predicted octanol–water partition coefficient (Wildman–Crippen LogP) is 8.36. The molecule has 6 rings (SSSR count). The second-order valence-electron chi connectivity index (χ2n) is 9.55. The summed E-state index contributed by atoms with van der Waals surface area (Å²) in [4.78, 5) is 0.277. The van der Waals surface area contributed by atoms with Crippen molar-refractivity contribution in [2.45, 2.75) is 18.4 Å². The first-order valence-electron chi connectivity index (χ1n) is 12.6. The number of fused-ring (bicyclic) bond motifs is 3. The van der Waals surface area contributed by atoms with Gasteiger partial charge in [-0.1, -0.05) is 115 Å². The highest BCUT2D eigenvalue weighted by Gasteiger charge is 2.27. The van der Waals surface area contributed by atoms with Crippen LogP contribution in [0.3, 0.4) is 0 Å². The summed E-state index contributed by atoms with van der Waals surface area (Å²) < 4.78 is 30.2. The van der Waals surface area contributed by atoms with Gasteiger partial charge in [0.05, 0.1) is 17.1 Å². The second-order valence-corrected chi connectivity index (χ2v) is 11.4. The van der Waals surface area contributed by atoms with Crippen molar-refractivity contribution in [2.75, 3.05) is 4.31 Å². The number of hydrogen-bond acceptors (Lipinski definition) is 2. The van der Waals surface area contributed by atoms with E-state index >= 15 is 0 Å². The number of hydrogen-bond donors (Lipinski definition) is 0. The zero-order valence-corrected chi connectivity index (χ0v) is 21.9. The molecule has 0 bridgehead atoms. The monoisotopic (exact) mass is 513 g/mol. The van der Waals surface area contributed by atoms with Crippen molar-refractivity contribution in [3.8, 4) is 11.1 Å². The van der Waals surface area contributed by atoms with Gasteiger partial charge in [0.1, 0.15) is 0 Å². The summed E-state index contributed by atoms with van der Waals surface area (Å²) in [7, 11) is -3.87. The van der Waals surface area contributed by atoms with Crippen LogP contribution in [-0.4, -0.2) is 8.42 Å². The maximum absolute atomic E-state index is 14.3. The summed E-state index contributed by atoms with van der Waals surface area (Å²) in [5.74, 6) is 0. The van der Waals surface area contributed by atoms with E-state index in [9.17, 15) is 8.42 Å². The van der Waals surface area contributed by atoms with Gasteiger partial charge >= 0.3 is 0 Å². The van der Waals surface area contributed by atoms with Crippen molar-refractivity contribution < 1.29 is 8.42 Å². The summed E-state index contributed by atoms with van der Waals surface area (Å²) in [5.41, 5.74) is 4.73. The first kappa shape index (κ1) is 24.0. The fraction of sp³-hybridized carbons (Fsp3) is 0.0588. The molecule has 0 N–H and O–H groups in total. The summed E-state index contributed by atoms with van der Waals surface area (Å²) in [6.45, 7) is 2.18. The van der Waals surface area contributed by atoms with Crippen LogP contribution in [0.15, 0.2) is 138 Å². The van der Waals surface area contributed by atoms with Crippen LogP contribution in [-0.2, 0) is 16.6 Å². The number of nitrogens with zero attached hydrogens (tertiary/aromatic N) is 1. The molecular weight excluding hydrogens is 486 g/mol. The average molecular weight is 514 g/mol. The van der Waals surface area contributed by atoms with Crippen molar-refractivity contribution in [3.05, 3.63) is 145 Å². The van der Waals surface area contributed by atoms with E-state index in [0.717, 1.165) is 43.8 Å². The molecule has 186 valence electrons. The normalized spacial score (nSPS) is 11.6. The Kier molecular flexibility index (Phi) is 6.18. The van der Waals surface area contributed by atoms with Gasteiger partial charge in [0.2, 0.25) is 0 Å². The highest BCUT2D eigenvalue weighted by Crippen LogP contribution is 2.39. The van der Waals surface area contributed by atoms with Gasteiger partial charge in [-0.3, -0.25) is 4.31 Å². The van der Waals surface area contributed by atoms with Gasteiger partial charge < -0.3 is 0 Å². The molecule has 0 radical (unpaired) electrons. The largest absolute Gasteiger partial charge is 0.264 e. The van der Waals surface area contributed by atoms with Crippen LogP contribution in [0, 0.1) is 6.92 Å². The first-order valence-corrected chi connectivity index (χ1v) is 14.1. The minimum absolute atomic E-state index is 0.222. The third-order valence-corrected chi connectivity index (χ3v) is 8.77. The Hall–Kier alpha value is -4.41. The Morgan fingerprint density at radius 2 is 1.24 bits per heavy atom. The van der Waals surface area contributed by atoms with Gasteiger partial charge in [-0.05, 0) is 64.0 Å². The zero-order valence-electron chi connectivity index (χ0n) is 21.1. The molecule has 0 unspecified atom stereocenters. The van der Waals surface area contributed by atoms with Crippen LogP contribution in [0.4, 0.5) is 5.69 Å². The van der Waals surface area contributed by atoms with Crippen LogP contribution in [0.5, 0.6) is 0 Å². The fourth-order valence-electron chi connectivity index (χ4n) is 4.99. The van der Waals surface area contributed by atoms with Crippen LogP contribution < -0.4 is 4.31 Å². The Bertz CT molecular complexity index is 1850. The van der Waals surface area contributed by atoms with Gasteiger partial charge in [-0.15, -0.1) is 0 Å². The van der Waals surface area contributed by atoms with Gasteiger partial charge in [-0.25, -0.2) is 8.42 Å². The van der Waals surface area contributed by atoms with Crippen LogP contribution >= 0.6 is 0 Å². The van der Waals surface area contributed by atoms with E-state index in [4.69, 9.17) is 0 Å². The van der Waals surface area contributed by atoms with E-state index < -0.39 is 10.0 Å². The molecular formula is C34H27NO2S. The summed E-state index contributed by atoms with van der Waals surface area (Å²) in [6.07, 6.45) is 0. The Morgan fingerprint density at radius 3 is 1.97 bits per heavy atom. The lowest BCUT2D eigenvalue weighted by Gasteiger charge is -2.27. The van der Waals surface area contributed by atoms with Crippen molar-refractivity contribution in [1.82, 2.24) is 0 Å². The maximum Gasteiger partial charge on any atom is 0.264 e. The van der Waals surface area contributed by atoms with Crippen LogP contribution in [0.25, 0.3) is 32.7 Å². The third kappa shape index (κ3) is 4.44. The lowest BCUT2D eigenvalue weighted by molar-refractivity contribution is 0.590. The van der Waals surface area contributed by atoms with Crippen molar-refractivity contribution in [1.29, 1.82) is 0 Å². The van der Waals surface area contributed by atoms with Crippen molar-refractivity contribution in [2.24, 2.45) is 0 Å². The molecule has 38 heavy (non-hydrogen) atoms. The molecule has 0 spiro atoms. The van der Waals surface area contributed by atoms with Gasteiger partial charge in [0, 0.05) is 5.39 Å². The number of aryl methyl sites for hydroxylation is 1. The molecule has 0 saturated heterocycles. The molecule has 0 aliphatic heterocycles. The van der Waals surface area contributed by atoms with Gasteiger partial charge in [0.15, 0.2) is 0 Å². The number of anilines is 1. The van der Waals surface area contributed by atoms with E-state index in [1.54, 1.807) is 16.4 Å². The van der Waals surface area contributed by atoms with E-state index in [2.05, 4.69) is 36.4 Å². The topological polar surface area (TPSA) is 37.4 Å². The lowest BCUT2D eigenvalue weighted by atomic mass is 9.96. The van der Waals surface area contributed by atoms with Crippen LogP contribution in [0.2, 0.25) is 0 Å². The molecule has 0 aliphatic carbocycles. The standard InChI is InChI=1S/C34H27NO2S/c1-25-16-19-30(20-17-25)38(36,37)35(24-26-10-4-2-5-11-26)34-23-29-14-8-9-15-31(29)32-21-18-28(22-33(32)34)27-12-6-3-7-13-27/h2-23H,24H2,1H3. The molecule has 0 fully saturated rings. The van der Waals surface area contributed by atoms with Crippen molar-refractivity contribution in [3.63, 3.8) is 0 Å². The summed E-state index contributed by atoms with van der Waals surface area (Å²) in [5, 5.41) is 4.02. The van der Waals surface area contributed by atoms with E-state index in [-0.39, 0.29) is 11.4 Å². The molecule has 6 aromatic rings. The Labute approximate surface area is 223 Å². The molecule has 3 nitrogen and oxygen atoms in total.